The lowest BCUT2D eigenvalue weighted by Crippen LogP contribution is -3.15. The Morgan fingerprint density at radius 2 is 2.24 bits per heavy atom. The third kappa shape index (κ3) is 2.90. The van der Waals surface area contributed by atoms with Crippen molar-refractivity contribution in [2.75, 3.05) is 13.6 Å². The van der Waals surface area contributed by atoms with E-state index in [9.17, 15) is 4.79 Å². The van der Waals surface area contributed by atoms with Gasteiger partial charge < -0.3 is 10.6 Å². The van der Waals surface area contributed by atoms with Crippen molar-refractivity contribution < 1.29 is 9.69 Å². The maximum Gasteiger partial charge on any atom is 0.154 e. The minimum atomic E-state index is -0.269. The molecule has 0 radical (unpaired) electrons. The van der Waals surface area contributed by atoms with E-state index in [-0.39, 0.29) is 34.2 Å². The number of piperidine rings is 1. The van der Waals surface area contributed by atoms with E-state index in [4.69, 9.17) is 23.2 Å². The standard InChI is InChI=1S/C12H17N3OS/c1-7-6-15(3)8(2)10(11(7)16)4-9(5-13)12(14)17/h4,7-8,10H,6H2,1-3H3,(H2,14,17)/p+1/b9-4+/t7-,8-,10+/m1/s1. The van der Waals surface area contributed by atoms with E-state index in [1.54, 1.807) is 6.08 Å². The summed E-state index contributed by atoms with van der Waals surface area (Å²) in [5.41, 5.74) is 5.69. The summed E-state index contributed by atoms with van der Waals surface area (Å²) in [5, 5.41) is 8.93. The van der Waals surface area contributed by atoms with E-state index in [0.29, 0.717) is 0 Å². The number of nitrogens with one attached hydrogen (secondary N) is 1. The summed E-state index contributed by atoms with van der Waals surface area (Å²) in [5.74, 6) is -0.0826. The second-order valence-corrected chi connectivity index (χ2v) is 5.16. The molecule has 0 spiro atoms. The molecule has 0 aliphatic carbocycles. The van der Waals surface area contributed by atoms with Crippen molar-refractivity contribution in [3.63, 3.8) is 0 Å². The van der Waals surface area contributed by atoms with Gasteiger partial charge in [-0.3, -0.25) is 4.79 Å². The maximum atomic E-state index is 12.1. The molecule has 1 rings (SSSR count). The van der Waals surface area contributed by atoms with Crippen molar-refractivity contribution in [2.45, 2.75) is 19.9 Å². The minimum Gasteiger partial charge on any atom is -0.389 e. The number of thiocarbonyl (C=S) groups is 1. The SMILES string of the molecule is C[C@@H]1C[NH+](C)[C@H](C)[C@H](/C=C(\C#N)C(N)=S)C1=O. The molecule has 4 atom stereocenters. The van der Waals surface area contributed by atoms with Crippen LogP contribution in [-0.2, 0) is 4.79 Å². The second kappa shape index (κ2) is 5.39. The largest absolute Gasteiger partial charge is 0.389 e. The molecule has 92 valence electrons. The van der Waals surface area contributed by atoms with Crippen LogP contribution in [0.3, 0.4) is 0 Å². The summed E-state index contributed by atoms with van der Waals surface area (Å²) in [6, 6.07) is 2.10. The van der Waals surface area contributed by atoms with Crippen molar-refractivity contribution in [1.29, 1.82) is 5.26 Å². The molecule has 1 aliphatic heterocycles. The van der Waals surface area contributed by atoms with Gasteiger partial charge in [0.15, 0.2) is 5.78 Å². The number of nitriles is 1. The molecule has 3 N–H and O–H groups in total. The van der Waals surface area contributed by atoms with Crippen LogP contribution in [0, 0.1) is 23.2 Å². The molecule has 0 aromatic rings. The zero-order valence-electron chi connectivity index (χ0n) is 10.4. The number of ketones is 1. The first-order valence-corrected chi connectivity index (χ1v) is 6.07. The van der Waals surface area contributed by atoms with Gasteiger partial charge in [0.1, 0.15) is 11.1 Å². The Balaban J connectivity index is 3.05. The molecule has 5 heteroatoms. The number of hydrogen-bond donors (Lipinski definition) is 2. The van der Waals surface area contributed by atoms with Gasteiger partial charge in [0.25, 0.3) is 0 Å². The van der Waals surface area contributed by atoms with Crippen LogP contribution in [0.15, 0.2) is 11.6 Å². The normalized spacial score (nSPS) is 34.2. The van der Waals surface area contributed by atoms with Gasteiger partial charge in [-0.05, 0) is 13.0 Å². The van der Waals surface area contributed by atoms with Crippen LogP contribution in [0.1, 0.15) is 13.8 Å². The third-order valence-corrected chi connectivity index (χ3v) is 3.71. The smallest absolute Gasteiger partial charge is 0.154 e. The van der Waals surface area contributed by atoms with Gasteiger partial charge in [-0.1, -0.05) is 19.1 Å². The molecule has 1 aliphatic rings. The highest BCUT2D eigenvalue weighted by Gasteiger charge is 2.39. The first-order valence-electron chi connectivity index (χ1n) is 5.66. The van der Waals surface area contributed by atoms with Crippen LogP contribution in [-0.4, -0.2) is 30.4 Å². The molecule has 1 fully saturated rings. The van der Waals surface area contributed by atoms with Crippen molar-refractivity contribution >= 4 is 23.0 Å². The summed E-state index contributed by atoms with van der Waals surface area (Å²) in [4.78, 5) is 13.5. The molecule has 0 amide bonds. The highest BCUT2D eigenvalue weighted by Crippen LogP contribution is 2.17. The predicted molar refractivity (Wildman–Crippen MR) is 69.4 cm³/mol. The molecule has 1 saturated heterocycles. The van der Waals surface area contributed by atoms with Crippen LogP contribution >= 0.6 is 12.2 Å². The number of nitrogens with two attached hydrogens (primary N) is 1. The Hall–Kier alpha value is -1.25. The summed E-state index contributed by atoms with van der Waals surface area (Å²) >= 11 is 4.79. The number of hydrogen-bond acceptors (Lipinski definition) is 3. The maximum absolute atomic E-state index is 12.1. The molecular formula is C12H18N3OS+. The lowest BCUT2D eigenvalue weighted by Gasteiger charge is -2.34. The summed E-state index contributed by atoms with van der Waals surface area (Å²) in [6.45, 7) is 4.76. The Kier molecular flexibility index (Phi) is 4.38. The number of nitrogens with zero attached hydrogens (tertiary/aromatic N) is 1. The number of quaternary nitrogens is 1. The molecular weight excluding hydrogens is 234 g/mol. The number of rotatable bonds is 2. The van der Waals surface area contributed by atoms with E-state index >= 15 is 0 Å². The molecule has 17 heavy (non-hydrogen) atoms. The molecule has 0 aromatic carbocycles. The third-order valence-electron chi connectivity index (χ3n) is 3.49. The van der Waals surface area contributed by atoms with Crippen LogP contribution in [0.2, 0.25) is 0 Å². The number of carbonyl (C=O) groups is 1. The van der Waals surface area contributed by atoms with E-state index < -0.39 is 0 Å². The Morgan fingerprint density at radius 1 is 1.65 bits per heavy atom. The Labute approximate surface area is 107 Å². The predicted octanol–water partition coefficient (Wildman–Crippen LogP) is -0.539. The van der Waals surface area contributed by atoms with Gasteiger partial charge in [0.2, 0.25) is 0 Å². The van der Waals surface area contributed by atoms with Gasteiger partial charge in [-0.15, -0.1) is 0 Å². The van der Waals surface area contributed by atoms with Crippen molar-refractivity contribution in [3.05, 3.63) is 11.6 Å². The highest BCUT2D eigenvalue weighted by atomic mass is 32.1. The highest BCUT2D eigenvalue weighted by molar-refractivity contribution is 7.80. The Bertz CT molecular complexity index is 410. The fourth-order valence-electron chi connectivity index (χ4n) is 2.23. The minimum absolute atomic E-state index is 0.0127. The average Bonchev–Trinajstić information content (AvgIpc) is 2.26. The number of carbonyl (C=O) groups excluding carboxylic acids is 1. The summed E-state index contributed by atoms with van der Waals surface area (Å²) in [6.07, 6.45) is 1.63. The Morgan fingerprint density at radius 3 is 2.71 bits per heavy atom. The second-order valence-electron chi connectivity index (χ2n) is 4.72. The zero-order valence-corrected chi connectivity index (χ0v) is 11.2. The van der Waals surface area contributed by atoms with E-state index in [1.165, 1.54) is 4.90 Å². The van der Waals surface area contributed by atoms with Gasteiger partial charge >= 0.3 is 0 Å². The van der Waals surface area contributed by atoms with Gasteiger partial charge in [0, 0.05) is 0 Å². The van der Waals surface area contributed by atoms with Crippen molar-refractivity contribution in [2.24, 2.45) is 17.6 Å². The van der Waals surface area contributed by atoms with E-state index in [2.05, 4.69) is 7.05 Å². The monoisotopic (exact) mass is 252 g/mol. The molecule has 1 unspecified atom stereocenters. The van der Waals surface area contributed by atoms with Crippen LogP contribution in [0.5, 0.6) is 0 Å². The molecule has 4 nitrogen and oxygen atoms in total. The van der Waals surface area contributed by atoms with Gasteiger partial charge in [-0.2, -0.15) is 5.26 Å². The molecule has 0 saturated carbocycles. The van der Waals surface area contributed by atoms with Crippen LogP contribution in [0.4, 0.5) is 0 Å². The van der Waals surface area contributed by atoms with Crippen LogP contribution < -0.4 is 10.6 Å². The average molecular weight is 252 g/mol. The quantitative estimate of drug-likeness (QED) is 0.393. The fraction of sp³-hybridized carbons (Fsp3) is 0.583. The molecule has 0 bridgehead atoms. The number of likely N-dealkylation sites (tertiary alicyclic amines) is 1. The van der Waals surface area contributed by atoms with Crippen LogP contribution in [0.25, 0.3) is 0 Å². The van der Waals surface area contributed by atoms with Crippen molar-refractivity contribution in [3.8, 4) is 6.07 Å². The summed E-state index contributed by atoms with van der Waals surface area (Å²) < 4.78 is 0. The van der Waals surface area contributed by atoms with Gasteiger partial charge in [-0.25, -0.2) is 0 Å². The van der Waals surface area contributed by atoms with E-state index in [1.807, 2.05) is 19.9 Å². The zero-order chi connectivity index (χ0) is 13.2. The van der Waals surface area contributed by atoms with Gasteiger partial charge in [0.05, 0.1) is 37.0 Å². The number of Topliss-reactive ketones (excluding diaryl/α,β-unsaturated/α-hetero) is 1. The van der Waals surface area contributed by atoms with E-state index in [0.717, 1.165) is 6.54 Å². The molecule has 1 heterocycles. The molecule has 0 aromatic heterocycles. The fourth-order valence-corrected chi connectivity index (χ4v) is 2.35. The lowest BCUT2D eigenvalue weighted by molar-refractivity contribution is -0.911. The topological polar surface area (TPSA) is 71.3 Å². The summed E-state index contributed by atoms with van der Waals surface area (Å²) in [7, 11) is 2.06. The first-order chi connectivity index (χ1) is 7.88. The lowest BCUT2D eigenvalue weighted by atomic mass is 9.82. The first kappa shape index (κ1) is 13.8. The van der Waals surface area contributed by atoms with Crippen molar-refractivity contribution in [1.82, 2.24) is 0 Å².